The van der Waals surface area contributed by atoms with Gasteiger partial charge in [-0.15, -0.1) is 0 Å². The van der Waals surface area contributed by atoms with Crippen LogP contribution in [0, 0.1) is 6.92 Å². The fraction of sp³-hybridized carbons (Fsp3) is 0.286. The predicted molar refractivity (Wildman–Crippen MR) is 104 cm³/mol. The highest BCUT2D eigenvalue weighted by atomic mass is 16.5. The first-order chi connectivity index (χ1) is 13.9. The number of amides is 2. The van der Waals surface area contributed by atoms with Gasteiger partial charge in [-0.3, -0.25) is 9.59 Å². The molecule has 3 rings (SSSR count). The van der Waals surface area contributed by atoms with E-state index in [1.54, 1.807) is 19.1 Å². The largest absolute Gasteiger partial charge is 0.445 e. The maximum Gasteiger partial charge on any atom is 0.407 e. The first-order valence-corrected chi connectivity index (χ1v) is 9.18. The van der Waals surface area contributed by atoms with Crippen LogP contribution in [-0.2, 0) is 16.1 Å². The van der Waals surface area contributed by atoms with Gasteiger partial charge in [0.05, 0.1) is 17.4 Å². The number of carbonyl (C=O) groups is 3. The lowest BCUT2D eigenvalue weighted by atomic mass is 9.91. The molecule has 2 unspecified atom stereocenters. The van der Waals surface area contributed by atoms with Crippen molar-refractivity contribution in [1.82, 2.24) is 5.32 Å². The number of aliphatic hydroxyl groups is 2. The van der Waals surface area contributed by atoms with Gasteiger partial charge in [0, 0.05) is 6.54 Å². The van der Waals surface area contributed by atoms with E-state index in [0.717, 1.165) is 5.56 Å². The average Bonchev–Trinajstić information content (AvgIpc) is 3.00. The summed E-state index contributed by atoms with van der Waals surface area (Å²) in [7, 11) is 0. The van der Waals surface area contributed by atoms with Gasteiger partial charge in [-0.2, -0.15) is 0 Å². The second kappa shape index (κ2) is 8.85. The third-order valence-electron chi connectivity index (χ3n) is 4.73. The Morgan fingerprint density at radius 2 is 1.86 bits per heavy atom. The third-order valence-corrected chi connectivity index (χ3v) is 4.73. The molecular formula is C21H22N2O6. The highest BCUT2D eigenvalue weighted by molar-refractivity contribution is 6.52. The van der Waals surface area contributed by atoms with Gasteiger partial charge in [0.2, 0.25) is 0 Å². The Bertz CT molecular complexity index is 928. The number of aliphatic hydroxyl groups excluding tert-OH is 2. The molecule has 2 aromatic rings. The number of benzene rings is 2. The normalized spacial score (nSPS) is 14.7. The number of anilines is 1. The Morgan fingerprint density at radius 3 is 2.59 bits per heavy atom. The number of ketones is 1. The highest BCUT2D eigenvalue weighted by Gasteiger charge is 2.35. The van der Waals surface area contributed by atoms with E-state index in [-0.39, 0.29) is 30.7 Å². The number of hydrogen-bond acceptors (Lipinski definition) is 6. The molecule has 0 bridgehead atoms. The number of aryl methyl sites for hydroxylation is 1. The van der Waals surface area contributed by atoms with Crippen molar-refractivity contribution in [2.24, 2.45) is 0 Å². The van der Waals surface area contributed by atoms with E-state index in [4.69, 9.17) is 4.74 Å². The van der Waals surface area contributed by atoms with Crippen molar-refractivity contribution in [3.8, 4) is 0 Å². The topological polar surface area (TPSA) is 125 Å². The van der Waals surface area contributed by atoms with Crippen LogP contribution in [0.3, 0.4) is 0 Å². The molecule has 2 aromatic carbocycles. The van der Waals surface area contributed by atoms with E-state index in [1.165, 1.54) is 0 Å². The molecule has 0 saturated carbocycles. The summed E-state index contributed by atoms with van der Waals surface area (Å²) in [5, 5.41) is 25.9. The summed E-state index contributed by atoms with van der Waals surface area (Å²) >= 11 is 0. The lowest BCUT2D eigenvalue weighted by Crippen LogP contribution is -2.30. The SMILES string of the molecule is Cc1ccc2c(c1C(O)C(O)CCNC(=O)OCc1ccccc1)C(=O)C(=O)N2. The van der Waals surface area contributed by atoms with Gasteiger partial charge in [0.15, 0.2) is 0 Å². The zero-order chi connectivity index (χ0) is 21.0. The molecule has 1 aliphatic rings. The van der Waals surface area contributed by atoms with E-state index in [2.05, 4.69) is 10.6 Å². The molecule has 8 heteroatoms. The van der Waals surface area contributed by atoms with E-state index in [1.807, 2.05) is 30.3 Å². The summed E-state index contributed by atoms with van der Waals surface area (Å²) in [4.78, 5) is 35.5. The number of ether oxygens (including phenoxy) is 1. The molecule has 0 spiro atoms. The van der Waals surface area contributed by atoms with Gasteiger partial charge in [-0.05, 0) is 36.1 Å². The first kappa shape index (κ1) is 20.5. The second-order valence-corrected chi connectivity index (χ2v) is 6.79. The fourth-order valence-corrected chi connectivity index (χ4v) is 3.19. The standard InChI is InChI=1S/C21H22N2O6/c1-12-7-8-14-17(19(26)20(27)23-14)16(12)18(25)15(24)9-10-22-21(28)29-11-13-5-3-2-4-6-13/h2-8,15,18,24-25H,9-11H2,1H3,(H,22,28)(H,23,26,27). The van der Waals surface area contributed by atoms with Crippen molar-refractivity contribution in [1.29, 1.82) is 0 Å². The van der Waals surface area contributed by atoms with E-state index in [0.29, 0.717) is 11.3 Å². The van der Waals surface area contributed by atoms with Gasteiger partial charge in [0.25, 0.3) is 11.7 Å². The van der Waals surface area contributed by atoms with E-state index < -0.39 is 30.0 Å². The average molecular weight is 398 g/mol. The van der Waals surface area contributed by atoms with Crippen LogP contribution >= 0.6 is 0 Å². The molecule has 29 heavy (non-hydrogen) atoms. The van der Waals surface area contributed by atoms with Gasteiger partial charge in [-0.25, -0.2) is 4.79 Å². The monoisotopic (exact) mass is 398 g/mol. The van der Waals surface area contributed by atoms with E-state index >= 15 is 0 Å². The van der Waals surface area contributed by atoms with Gasteiger partial charge < -0.3 is 25.6 Å². The molecule has 1 aliphatic heterocycles. The van der Waals surface area contributed by atoms with Crippen LogP contribution in [0.2, 0.25) is 0 Å². The lowest BCUT2D eigenvalue weighted by Gasteiger charge is -2.22. The number of hydrogen-bond donors (Lipinski definition) is 4. The van der Waals surface area contributed by atoms with Crippen LogP contribution in [0.4, 0.5) is 10.5 Å². The molecule has 0 aromatic heterocycles. The lowest BCUT2D eigenvalue weighted by molar-refractivity contribution is -0.112. The quantitative estimate of drug-likeness (QED) is 0.528. The number of alkyl carbamates (subject to hydrolysis) is 1. The Balaban J connectivity index is 1.55. The minimum atomic E-state index is -1.39. The molecule has 4 N–H and O–H groups in total. The summed E-state index contributed by atoms with van der Waals surface area (Å²) in [5.74, 6) is -1.51. The summed E-state index contributed by atoms with van der Waals surface area (Å²) in [6, 6.07) is 12.4. The molecule has 2 amide bonds. The van der Waals surface area contributed by atoms with Crippen LogP contribution in [0.5, 0.6) is 0 Å². The molecule has 0 saturated heterocycles. The van der Waals surface area contributed by atoms with Crippen LogP contribution in [0.25, 0.3) is 0 Å². The molecule has 0 fully saturated rings. The summed E-state index contributed by atoms with van der Waals surface area (Å²) in [6.45, 7) is 1.86. The van der Waals surface area contributed by atoms with Crippen molar-refractivity contribution in [2.45, 2.75) is 32.2 Å². The molecular weight excluding hydrogens is 376 g/mol. The fourth-order valence-electron chi connectivity index (χ4n) is 3.19. The molecule has 2 atom stereocenters. The van der Waals surface area contributed by atoms with Crippen molar-refractivity contribution in [2.75, 3.05) is 11.9 Å². The van der Waals surface area contributed by atoms with Crippen LogP contribution in [0.1, 0.15) is 39.6 Å². The third kappa shape index (κ3) is 4.61. The Kier molecular flexibility index (Phi) is 6.26. The zero-order valence-corrected chi connectivity index (χ0v) is 15.8. The van der Waals surface area contributed by atoms with Crippen LogP contribution in [0.15, 0.2) is 42.5 Å². The highest BCUT2D eigenvalue weighted by Crippen LogP contribution is 2.34. The van der Waals surface area contributed by atoms with Crippen molar-refractivity contribution >= 4 is 23.5 Å². The first-order valence-electron chi connectivity index (χ1n) is 9.18. The Labute approximate surface area is 167 Å². The molecule has 152 valence electrons. The maximum atomic E-state index is 12.1. The molecule has 8 nitrogen and oxygen atoms in total. The van der Waals surface area contributed by atoms with Gasteiger partial charge in [-0.1, -0.05) is 36.4 Å². The van der Waals surface area contributed by atoms with Crippen molar-refractivity contribution < 1.29 is 29.3 Å². The number of carbonyl (C=O) groups excluding carboxylic acids is 3. The molecule has 0 aliphatic carbocycles. The zero-order valence-electron chi connectivity index (χ0n) is 15.8. The van der Waals surface area contributed by atoms with Gasteiger partial charge in [0.1, 0.15) is 12.7 Å². The van der Waals surface area contributed by atoms with Crippen LogP contribution < -0.4 is 10.6 Å². The predicted octanol–water partition coefficient (Wildman–Crippen LogP) is 1.84. The van der Waals surface area contributed by atoms with Crippen LogP contribution in [-0.4, -0.2) is 40.6 Å². The smallest absolute Gasteiger partial charge is 0.407 e. The number of rotatable bonds is 7. The summed E-state index contributed by atoms with van der Waals surface area (Å²) < 4.78 is 5.08. The van der Waals surface area contributed by atoms with E-state index in [9.17, 15) is 24.6 Å². The maximum absolute atomic E-state index is 12.1. The minimum absolute atomic E-state index is 0.0281. The second-order valence-electron chi connectivity index (χ2n) is 6.79. The van der Waals surface area contributed by atoms with Crippen molar-refractivity contribution in [3.63, 3.8) is 0 Å². The number of nitrogens with one attached hydrogen (secondary N) is 2. The van der Waals surface area contributed by atoms with Crippen molar-refractivity contribution in [3.05, 3.63) is 64.7 Å². The number of fused-ring (bicyclic) bond motifs is 1. The minimum Gasteiger partial charge on any atom is -0.445 e. The Morgan fingerprint density at radius 1 is 1.14 bits per heavy atom. The Hall–Kier alpha value is -3.23. The number of Topliss-reactive ketones (excluding diaryl/α,β-unsaturated/α-hetero) is 1. The molecule has 1 heterocycles. The molecule has 0 radical (unpaired) electrons. The van der Waals surface area contributed by atoms with Gasteiger partial charge >= 0.3 is 6.09 Å². The summed E-state index contributed by atoms with van der Waals surface area (Å²) in [5.41, 5.74) is 2.03. The summed E-state index contributed by atoms with van der Waals surface area (Å²) in [6.07, 6.45) is -3.25.